The molecule has 0 radical (unpaired) electrons. The molecule has 1 aromatic rings. The summed E-state index contributed by atoms with van der Waals surface area (Å²) in [6.07, 6.45) is -0.955. The molecule has 2 atom stereocenters. The fraction of sp³-hybridized carbons (Fsp3) is 0.333. The van der Waals surface area contributed by atoms with Gasteiger partial charge in [-0.2, -0.15) is 0 Å². The second-order valence-electron chi connectivity index (χ2n) is 4.53. The number of carbonyl (C=O) groups excluding carboxylic acids is 2. The van der Waals surface area contributed by atoms with Crippen molar-refractivity contribution in [3.63, 3.8) is 0 Å². The number of aliphatic hydroxyl groups excluding tert-OH is 1. The number of amides is 2. The molecule has 120 valence electrons. The Morgan fingerprint density at radius 2 is 1.96 bits per heavy atom. The third-order valence-electron chi connectivity index (χ3n) is 3.08. The normalized spacial score (nSPS) is 20.3. The summed E-state index contributed by atoms with van der Waals surface area (Å²) in [4.78, 5) is 23.1. The standard InChI is InChI=1S/C12H14N2O7S.Na/c15-6-9-10(11(16)14(9)22(18,19)20)13-12(17)21-7-8-4-2-1-3-5-8;/h1-5,9-10,15H,6-7H2,(H,13,17)(H,18,19,20);/q;+1/p-1/t9-,10+;/m1./s1. The van der Waals surface area contributed by atoms with Gasteiger partial charge >= 0.3 is 35.7 Å². The largest absolute Gasteiger partial charge is 1.00 e. The van der Waals surface area contributed by atoms with Gasteiger partial charge in [-0.3, -0.25) is 4.79 Å². The Kier molecular flexibility index (Phi) is 6.99. The van der Waals surface area contributed by atoms with Crippen LogP contribution in [-0.4, -0.2) is 53.1 Å². The third kappa shape index (κ3) is 4.66. The number of rotatable bonds is 5. The number of nitrogens with one attached hydrogen (secondary N) is 1. The van der Waals surface area contributed by atoms with Crippen molar-refractivity contribution in [3.05, 3.63) is 35.9 Å². The molecule has 23 heavy (non-hydrogen) atoms. The smallest absolute Gasteiger partial charge is 0.731 e. The average Bonchev–Trinajstić information content (AvgIpc) is 2.47. The van der Waals surface area contributed by atoms with Crippen LogP contribution in [0.5, 0.6) is 0 Å². The summed E-state index contributed by atoms with van der Waals surface area (Å²) in [5, 5.41) is 11.2. The third-order valence-corrected chi connectivity index (χ3v) is 4.02. The molecule has 1 fully saturated rings. The van der Waals surface area contributed by atoms with E-state index >= 15 is 0 Å². The van der Waals surface area contributed by atoms with E-state index in [9.17, 15) is 22.6 Å². The molecule has 1 aromatic carbocycles. The van der Waals surface area contributed by atoms with Crippen LogP contribution in [0.15, 0.2) is 30.3 Å². The van der Waals surface area contributed by atoms with Crippen molar-refractivity contribution < 1.29 is 62.0 Å². The molecule has 2 rings (SSSR count). The molecule has 11 heteroatoms. The van der Waals surface area contributed by atoms with Crippen molar-refractivity contribution in [3.8, 4) is 0 Å². The van der Waals surface area contributed by atoms with Gasteiger partial charge in [0.1, 0.15) is 12.6 Å². The van der Waals surface area contributed by atoms with Gasteiger partial charge in [-0.15, -0.1) is 0 Å². The van der Waals surface area contributed by atoms with Gasteiger partial charge in [0.05, 0.1) is 12.6 Å². The van der Waals surface area contributed by atoms with E-state index in [1.54, 1.807) is 30.3 Å². The zero-order valence-electron chi connectivity index (χ0n) is 12.2. The van der Waals surface area contributed by atoms with Gasteiger partial charge in [0.25, 0.3) is 5.91 Å². The van der Waals surface area contributed by atoms with E-state index in [-0.39, 0.29) is 40.5 Å². The second-order valence-corrected chi connectivity index (χ2v) is 5.77. The van der Waals surface area contributed by atoms with Crippen LogP contribution in [-0.2, 0) is 26.4 Å². The first kappa shape index (κ1) is 19.9. The van der Waals surface area contributed by atoms with Crippen LogP contribution in [0.25, 0.3) is 0 Å². The number of ether oxygens (including phenoxy) is 1. The van der Waals surface area contributed by atoms with Gasteiger partial charge in [-0.25, -0.2) is 17.5 Å². The van der Waals surface area contributed by atoms with Gasteiger partial charge in [-0.05, 0) is 5.56 Å². The number of benzene rings is 1. The van der Waals surface area contributed by atoms with Crippen molar-refractivity contribution in [1.82, 2.24) is 9.62 Å². The molecule has 2 amide bonds. The Hall–Kier alpha value is -1.17. The molecular formula is C12H13N2NaO7S. The van der Waals surface area contributed by atoms with Crippen LogP contribution in [0.1, 0.15) is 5.56 Å². The topological polar surface area (TPSA) is 136 Å². The molecule has 0 unspecified atom stereocenters. The van der Waals surface area contributed by atoms with Crippen molar-refractivity contribution in [1.29, 1.82) is 0 Å². The molecule has 1 aliphatic rings. The van der Waals surface area contributed by atoms with Crippen molar-refractivity contribution in [2.24, 2.45) is 0 Å². The van der Waals surface area contributed by atoms with Gasteiger partial charge in [0.2, 0.25) is 0 Å². The molecule has 0 aliphatic carbocycles. The Bertz CT molecular complexity index is 667. The molecule has 1 saturated heterocycles. The van der Waals surface area contributed by atoms with Crippen LogP contribution >= 0.6 is 0 Å². The fourth-order valence-electron chi connectivity index (χ4n) is 2.02. The Labute approximate surface area is 154 Å². The SMILES string of the molecule is O=C(N[C@@H]1C(=O)N(S(=O)(=O)[O-])[C@@H]1CO)OCc1ccccc1.[Na+]. The minimum Gasteiger partial charge on any atom is -0.731 e. The van der Waals surface area contributed by atoms with E-state index in [1.165, 1.54) is 0 Å². The van der Waals surface area contributed by atoms with E-state index < -0.39 is 41.0 Å². The monoisotopic (exact) mass is 352 g/mol. The summed E-state index contributed by atoms with van der Waals surface area (Å²) >= 11 is 0. The number of hydrogen-bond acceptors (Lipinski definition) is 7. The van der Waals surface area contributed by atoms with E-state index in [2.05, 4.69) is 5.32 Å². The van der Waals surface area contributed by atoms with Gasteiger partial charge in [0, 0.05) is 0 Å². The summed E-state index contributed by atoms with van der Waals surface area (Å²) in [5.41, 5.74) is 0.722. The number of carbonyl (C=O) groups is 2. The molecule has 2 N–H and O–H groups in total. The van der Waals surface area contributed by atoms with Crippen LogP contribution in [0.2, 0.25) is 0 Å². The Balaban J connectivity index is 0.00000264. The predicted octanol–water partition coefficient (Wildman–Crippen LogP) is -4.05. The van der Waals surface area contributed by atoms with E-state index in [0.717, 1.165) is 5.56 Å². The van der Waals surface area contributed by atoms with Gasteiger partial charge < -0.3 is 19.7 Å². The minimum atomic E-state index is -5.02. The van der Waals surface area contributed by atoms with Crippen molar-refractivity contribution >= 4 is 22.3 Å². The van der Waals surface area contributed by atoms with Crippen molar-refractivity contribution in [2.45, 2.75) is 18.7 Å². The summed E-state index contributed by atoms with van der Waals surface area (Å²) in [7, 11) is -5.02. The maximum atomic E-state index is 11.6. The molecule has 0 bridgehead atoms. The Morgan fingerprint density at radius 3 is 2.48 bits per heavy atom. The van der Waals surface area contributed by atoms with Gasteiger partial charge in [0.15, 0.2) is 10.3 Å². The first-order valence-corrected chi connectivity index (χ1v) is 7.58. The summed E-state index contributed by atoms with van der Waals surface area (Å²) in [5.74, 6) is -1.11. The molecule has 1 heterocycles. The van der Waals surface area contributed by atoms with Gasteiger partial charge in [-0.1, -0.05) is 30.3 Å². The second kappa shape index (κ2) is 8.08. The summed E-state index contributed by atoms with van der Waals surface area (Å²) < 4.78 is 37.4. The van der Waals surface area contributed by atoms with Crippen LogP contribution in [0, 0.1) is 0 Å². The van der Waals surface area contributed by atoms with Crippen LogP contribution < -0.4 is 34.9 Å². The van der Waals surface area contributed by atoms with Crippen LogP contribution in [0.4, 0.5) is 4.79 Å². The number of nitrogens with zero attached hydrogens (tertiary/aromatic N) is 1. The average molecular weight is 352 g/mol. The molecule has 1 aliphatic heterocycles. The first-order valence-electron chi connectivity index (χ1n) is 6.21. The zero-order valence-corrected chi connectivity index (χ0v) is 15.0. The molecule has 0 aromatic heterocycles. The molecule has 0 spiro atoms. The fourth-order valence-corrected chi connectivity index (χ4v) is 2.88. The van der Waals surface area contributed by atoms with E-state index in [0.29, 0.717) is 0 Å². The van der Waals surface area contributed by atoms with Crippen molar-refractivity contribution in [2.75, 3.05) is 6.61 Å². The molecular weight excluding hydrogens is 339 g/mol. The first-order chi connectivity index (χ1) is 10.3. The molecule has 0 saturated carbocycles. The quantitative estimate of drug-likeness (QED) is 0.313. The number of aliphatic hydroxyl groups is 1. The predicted molar refractivity (Wildman–Crippen MR) is 71.0 cm³/mol. The number of β-lactam (4-membered cyclic amide) rings is 1. The molecule has 9 nitrogen and oxygen atoms in total. The van der Waals surface area contributed by atoms with E-state index in [1.807, 2.05) is 0 Å². The summed E-state index contributed by atoms with van der Waals surface area (Å²) in [6, 6.07) is 6.13. The number of alkyl carbamates (subject to hydrolysis) is 1. The maximum absolute atomic E-state index is 11.6. The van der Waals surface area contributed by atoms with E-state index in [4.69, 9.17) is 9.84 Å². The maximum Gasteiger partial charge on any atom is 1.00 e. The zero-order chi connectivity index (χ0) is 16.3. The Morgan fingerprint density at radius 1 is 1.35 bits per heavy atom. The summed E-state index contributed by atoms with van der Waals surface area (Å²) in [6.45, 7) is -0.822. The number of hydrogen-bond donors (Lipinski definition) is 2. The van der Waals surface area contributed by atoms with Crippen LogP contribution in [0.3, 0.4) is 0 Å². The minimum absolute atomic E-state index is 0.